The summed E-state index contributed by atoms with van der Waals surface area (Å²) in [5.74, 6) is -1.23. The molecule has 0 aliphatic rings. The maximum atomic E-state index is 10.8. The Morgan fingerprint density at radius 2 is 1.95 bits per heavy atom. The van der Waals surface area contributed by atoms with Gasteiger partial charge in [-0.05, 0) is 30.5 Å². The average molecular weight is 282 g/mol. The van der Waals surface area contributed by atoms with Crippen molar-refractivity contribution in [3.8, 4) is 0 Å². The number of carbonyl (C=O) groups is 1. The molecule has 5 heteroatoms. The third-order valence-corrected chi connectivity index (χ3v) is 2.94. The van der Waals surface area contributed by atoms with Crippen molar-refractivity contribution in [1.29, 1.82) is 0 Å². The van der Waals surface area contributed by atoms with Crippen molar-refractivity contribution in [1.82, 2.24) is 0 Å². The second-order valence-corrected chi connectivity index (χ2v) is 4.68. The molecule has 104 valence electrons. The van der Waals surface area contributed by atoms with Crippen LogP contribution in [0.2, 0.25) is 5.02 Å². The molecule has 0 atom stereocenters. The lowest BCUT2D eigenvalue weighted by atomic mass is 10.1. The van der Waals surface area contributed by atoms with Crippen molar-refractivity contribution in [2.75, 3.05) is 5.43 Å². The van der Waals surface area contributed by atoms with Crippen LogP contribution in [0.1, 0.15) is 49.9 Å². The summed E-state index contributed by atoms with van der Waals surface area (Å²) in [5, 5.41) is 15.5. The summed E-state index contributed by atoms with van der Waals surface area (Å²) in [6, 6.07) is 4.35. The molecule has 0 saturated heterocycles. The summed E-state index contributed by atoms with van der Waals surface area (Å²) < 4.78 is 0. The summed E-state index contributed by atoms with van der Waals surface area (Å²) in [6.45, 7) is 4.18. The molecule has 1 rings (SSSR count). The quantitative estimate of drug-likeness (QED) is 0.617. The fraction of sp³-hybridized carbons (Fsp3) is 0.429. The number of hydrogen-bond donors (Lipinski definition) is 1. The van der Waals surface area contributed by atoms with E-state index in [2.05, 4.69) is 24.4 Å². The fourth-order valence-corrected chi connectivity index (χ4v) is 1.85. The topological polar surface area (TPSA) is 64.5 Å². The number of carbonyl (C=O) groups excluding carboxylic acids is 1. The Hall–Kier alpha value is -1.55. The molecule has 0 fully saturated rings. The number of hydrogen-bond acceptors (Lipinski definition) is 4. The number of benzene rings is 1. The van der Waals surface area contributed by atoms with Gasteiger partial charge in [-0.1, -0.05) is 44.4 Å². The Morgan fingerprint density at radius 3 is 2.47 bits per heavy atom. The molecule has 0 spiro atoms. The molecule has 0 bridgehead atoms. The van der Waals surface area contributed by atoms with Crippen LogP contribution in [0.4, 0.5) is 5.69 Å². The molecule has 0 radical (unpaired) electrons. The van der Waals surface area contributed by atoms with Gasteiger partial charge >= 0.3 is 0 Å². The molecule has 4 nitrogen and oxygen atoms in total. The Morgan fingerprint density at radius 1 is 1.32 bits per heavy atom. The molecule has 1 aromatic rings. The number of aromatic carboxylic acids is 1. The summed E-state index contributed by atoms with van der Waals surface area (Å²) >= 11 is 5.99. The minimum Gasteiger partial charge on any atom is -0.545 e. The van der Waals surface area contributed by atoms with Gasteiger partial charge in [0.05, 0.1) is 16.7 Å². The molecule has 0 heterocycles. The molecular weight excluding hydrogens is 264 g/mol. The van der Waals surface area contributed by atoms with E-state index in [1.165, 1.54) is 18.2 Å². The number of carboxylic acid groups (broad SMARTS) is 1. The van der Waals surface area contributed by atoms with Crippen molar-refractivity contribution < 1.29 is 9.90 Å². The number of anilines is 1. The molecule has 0 unspecified atom stereocenters. The van der Waals surface area contributed by atoms with Crippen LogP contribution in [0.15, 0.2) is 23.3 Å². The van der Waals surface area contributed by atoms with E-state index in [1.54, 1.807) is 0 Å². The van der Waals surface area contributed by atoms with E-state index >= 15 is 0 Å². The van der Waals surface area contributed by atoms with E-state index in [0.29, 0.717) is 10.7 Å². The SMILES string of the molecule is CCCC(CCC)=NNc1cc(C(=O)[O-])ccc1Cl. The third kappa shape index (κ3) is 4.91. The number of nitrogens with zero attached hydrogens (tertiary/aromatic N) is 1. The highest BCUT2D eigenvalue weighted by atomic mass is 35.5. The largest absolute Gasteiger partial charge is 0.545 e. The first-order valence-electron chi connectivity index (χ1n) is 6.40. The number of nitrogens with one attached hydrogen (secondary N) is 1. The first-order valence-corrected chi connectivity index (χ1v) is 6.78. The van der Waals surface area contributed by atoms with Gasteiger partial charge in [-0.2, -0.15) is 5.10 Å². The van der Waals surface area contributed by atoms with E-state index in [1.807, 2.05) is 0 Å². The van der Waals surface area contributed by atoms with Crippen molar-refractivity contribution in [2.45, 2.75) is 39.5 Å². The lowest BCUT2D eigenvalue weighted by molar-refractivity contribution is -0.255. The Bertz CT molecular complexity index is 465. The molecule has 19 heavy (non-hydrogen) atoms. The number of carboxylic acids is 1. The van der Waals surface area contributed by atoms with Crippen molar-refractivity contribution in [3.63, 3.8) is 0 Å². The van der Waals surface area contributed by atoms with Gasteiger partial charge in [0, 0.05) is 5.71 Å². The van der Waals surface area contributed by atoms with E-state index in [4.69, 9.17) is 11.6 Å². The predicted octanol–water partition coefficient (Wildman–Crippen LogP) is 3.07. The van der Waals surface area contributed by atoms with Gasteiger partial charge < -0.3 is 9.90 Å². The molecule has 0 aliphatic heterocycles. The molecule has 0 saturated carbocycles. The van der Waals surface area contributed by atoms with Gasteiger partial charge in [-0.25, -0.2) is 0 Å². The number of hydrazone groups is 1. The fourth-order valence-electron chi connectivity index (χ4n) is 1.69. The Kier molecular flexibility index (Phi) is 6.36. The second kappa shape index (κ2) is 7.79. The summed E-state index contributed by atoms with van der Waals surface area (Å²) in [6.07, 6.45) is 3.87. The van der Waals surface area contributed by atoms with E-state index < -0.39 is 5.97 Å². The highest BCUT2D eigenvalue weighted by Gasteiger charge is 2.03. The van der Waals surface area contributed by atoms with Gasteiger partial charge in [0.15, 0.2) is 0 Å². The molecule has 0 amide bonds. The average Bonchev–Trinajstić information content (AvgIpc) is 2.37. The molecule has 0 aromatic heterocycles. The summed E-state index contributed by atoms with van der Waals surface area (Å²) in [4.78, 5) is 10.8. The van der Waals surface area contributed by atoms with Crippen LogP contribution < -0.4 is 10.5 Å². The van der Waals surface area contributed by atoms with Crippen molar-refractivity contribution in [2.24, 2.45) is 5.10 Å². The van der Waals surface area contributed by atoms with Gasteiger partial charge in [0.1, 0.15) is 0 Å². The van der Waals surface area contributed by atoms with Crippen LogP contribution in [-0.4, -0.2) is 11.7 Å². The Labute approximate surface area is 118 Å². The smallest absolute Gasteiger partial charge is 0.0754 e. The van der Waals surface area contributed by atoms with Gasteiger partial charge in [0.25, 0.3) is 0 Å². The number of rotatable bonds is 7. The standard InChI is InChI=1S/C14H19ClN2O2/c1-3-5-11(6-4-2)16-17-13-9-10(14(18)19)7-8-12(13)15/h7-9,17H,3-6H2,1-2H3,(H,18,19)/p-1. The van der Waals surface area contributed by atoms with Crippen molar-refractivity contribution in [3.05, 3.63) is 28.8 Å². The lowest BCUT2D eigenvalue weighted by Gasteiger charge is -2.09. The van der Waals surface area contributed by atoms with E-state index in [-0.39, 0.29) is 5.56 Å². The molecule has 0 aliphatic carbocycles. The zero-order valence-electron chi connectivity index (χ0n) is 11.2. The molecule has 1 aromatic carbocycles. The predicted molar refractivity (Wildman–Crippen MR) is 76.7 cm³/mol. The van der Waals surface area contributed by atoms with E-state index in [0.717, 1.165) is 31.4 Å². The van der Waals surface area contributed by atoms with E-state index in [9.17, 15) is 9.90 Å². The lowest BCUT2D eigenvalue weighted by Crippen LogP contribution is -2.22. The second-order valence-electron chi connectivity index (χ2n) is 4.27. The third-order valence-electron chi connectivity index (χ3n) is 2.61. The van der Waals surface area contributed by atoms with Crippen molar-refractivity contribution >= 4 is 29.0 Å². The molecular formula is C14H18ClN2O2-. The van der Waals surface area contributed by atoms with Gasteiger partial charge in [-0.3, -0.25) is 5.43 Å². The van der Waals surface area contributed by atoms with Gasteiger partial charge in [0.2, 0.25) is 0 Å². The maximum absolute atomic E-state index is 10.8. The maximum Gasteiger partial charge on any atom is 0.0754 e. The zero-order valence-corrected chi connectivity index (χ0v) is 12.0. The Balaban J connectivity index is 2.88. The van der Waals surface area contributed by atoms with Crippen LogP contribution in [0.3, 0.4) is 0 Å². The van der Waals surface area contributed by atoms with Gasteiger partial charge in [-0.15, -0.1) is 0 Å². The normalized spacial score (nSPS) is 10.1. The van der Waals surface area contributed by atoms with Crippen LogP contribution in [0.25, 0.3) is 0 Å². The first-order chi connectivity index (χ1) is 9.08. The van der Waals surface area contributed by atoms with Crippen LogP contribution in [-0.2, 0) is 0 Å². The van der Waals surface area contributed by atoms with Crippen LogP contribution in [0, 0.1) is 0 Å². The summed E-state index contributed by atoms with van der Waals surface area (Å²) in [7, 11) is 0. The monoisotopic (exact) mass is 281 g/mol. The number of halogens is 1. The van der Waals surface area contributed by atoms with Crippen LogP contribution >= 0.6 is 11.6 Å². The highest BCUT2D eigenvalue weighted by Crippen LogP contribution is 2.23. The first kappa shape index (κ1) is 15.5. The molecule has 1 N–H and O–H groups in total. The summed E-state index contributed by atoms with van der Waals surface area (Å²) in [5.41, 5.74) is 4.46. The highest BCUT2D eigenvalue weighted by molar-refractivity contribution is 6.33. The van der Waals surface area contributed by atoms with Crippen LogP contribution in [0.5, 0.6) is 0 Å². The minimum atomic E-state index is -1.23. The zero-order chi connectivity index (χ0) is 14.3. The minimum absolute atomic E-state index is 0.0784.